The number of thioether (sulfide) groups is 2. The average Bonchev–Trinajstić information content (AvgIpc) is 2.96. The molecule has 0 aromatic heterocycles. The first-order valence-corrected chi connectivity index (χ1v) is 16.1. The third-order valence-electron chi connectivity index (χ3n) is 6.39. The Balaban J connectivity index is 1.09. The van der Waals surface area contributed by atoms with Gasteiger partial charge in [0.1, 0.15) is 0 Å². The van der Waals surface area contributed by atoms with Crippen molar-refractivity contribution in [2.24, 2.45) is 9.98 Å². The molecule has 6 nitrogen and oxygen atoms in total. The molecule has 2 heterocycles. The third kappa shape index (κ3) is 8.46. The molecule has 2 aliphatic heterocycles. The number of nitrogens with zero attached hydrogens (tertiary/aromatic N) is 4. The predicted molar refractivity (Wildman–Crippen MR) is 174 cm³/mol. The van der Waals surface area contributed by atoms with Crippen molar-refractivity contribution in [1.82, 2.24) is 20.4 Å². The molecule has 210 valence electrons. The van der Waals surface area contributed by atoms with E-state index in [2.05, 4.69) is 44.7 Å². The first-order valence-electron chi connectivity index (χ1n) is 12.6. The maximum Gasteiger partial charge on any atom is 0.159 e. The summed E-state index contributed by atoms with van der Waals surface area (Å²) in [5.41, 5.74) is 4.60. The number of aliphatic imine (C=N–C) groups is 2. The fourth-order valence-electron chi connectivity index (χ4n) is 4.25. The Hall–Kier alpha value is -1.62. The summed E-state index contributed by atoms with van der Waals surface area (Å²) in [7, 11) is 0. The summed E-state index contributed by atoms with van der Waals surface area (Å²) in [6.45, 7) is 4.02. The summed E-state index contributed by atoms with van der Waals surface area (Å²) in [4.78, 5) is 13.8. The van der Waals surface area contributed by atoms with Crippen molar-refractivity contribution in [1.29, 1.82) is 0 Å². The zero-order valence-electron chi connectivity index (χ0n) is 21.5. The molecule has 0 saturated heterocycles. The molecule has 2 N–H and O–H groups in total. The molecule has 0 bridgehead atoms. The fraction of sp³-hybridized carbons (Fsp3) is 0.286. The van der Waals surface area contributed by atoms with Gasteiger partial charge in [0.05, 0.1) is 26.7 Å². The highest BCUT2D eigenvalue weighted by Crippen LogP contribution is 2.26. The fourth-order valence-corrected chi connectivity index (χ4v) is 6.77. The van der Waals surface area contributed by atoms with Gasteiger partial charge in [-0.2, -0.15) is 0 Å². The van der Waals surface area contributed by atoms with Gasteiger partial charge in [-0.1, -0.05) is 94.2 Å². The second kappa shape index (κ2) is 14.5. The van der Waals surface area contributed by atoms with Gasteiger partial charge in [0.25, 0.3) is 0 Å². The van der Waals surface area contributed by atoms with Crippen molar-refractivity contribution in [3.63, 3.8) is 0 Å². The quantitative estimate of drug-likeness (QED) is 0.262. The molecule has 0 spiro atoms. The first-order chi connectivity index (χ1) is 19.4. The Labute approximate surface area is 263 Å². The standard InChI is InChI=1S/C28H28Cl4N6S2/c29-23-5-7-25(31)21(9-23)11-37-15-33-27(34-16-37)39-13-19-3-1-2-4-20(19)14-40-28-35-17-38(18-36-28)12-22-10-24(30)6-8-26(22)32/h1-10H,11-18H2,(H,33,34)(H,35,36). The van der Waals surface area contributed by atoms with E-state index in [0.717, 1.165) is 43.0 Å². The topological polar surface area (TPSA) is 55.3 Å². The summed E-state index contributed by atoms with van der Waals surface area (Å²) in [6, 6.07) is 19.7. The van der Waals surface area contributed by atoms with Crippen LogP contribution in [0, 0.1) is 0 Å². The van der Waals surface area contributed by atoms with Gasteiger partial charge in [-0.3, -0.25) is 9.80 Å². The van der Waals surface area contributed by atoms with E-state index >= 15 is 0 Å². The SMILES string of the molecule is Clc1ccc(Cl)c(CN2CN=C(SCc3ccccc3CSC3=NCN(Cc4cc(Cl)ccc4Cl)CN3)NC2)c1. The normalized spacial score (nSPS) is 16.2. The van der Waals surface area contributed by atoms with Crippen LogP contribution in [-0.2, 0) is 24.6 Å². The summed E-state index contributed by atoms with van der Waals surface area (Å²) in [5, 5.41) is 11.6. The Morgan fingerprint density at radius 3 is 1.48 bits per heavy atom. The summed E-state index contributed by atoms with van der Waals surface area (Å²) < 4.78 is 0. The van der Waals surface area contributed by atoms with Gasteiger partial charge >= 0.3 is 0 Å². The van der Waals surface area contributed by atoms with Crippen LogP contribution in [0.5, 0.6) is 0 Å². The number of amidine groups is 2. The van der Waals surface area contributed by atoms with E-state index < -0.39 is 0 Å². The Morgan fingerprint density at radius 1 is 0.625 bits per heavy atom. The zero-order valence-corrected chi connectivity index (χ0v) is 26.2. The lowest BCUT2D eigenvalue weighted by molar-refractivity contribution is 0.258. The lowest BCUT2D eigenvalue weighted by Gasteiger charge is -2.27. The first kappa shape index (κ1) is 29.9. The highest BCUT2D eigenvalue weighted by atomic mass is 35.5. The number of benzene rings is 3. The molecule has 3 aromatic rings. The van der Waals surface area contributed by atoms with Crippen molar-refractivity contribution < 1.29 is 0 Å². The maximum atomic E-state index is 6.33. The number of rotatable bonds is 8. The van der Waals surface area contributed by atoms with Crippen molar-refractivity contribution in [3.8, 4) is 0 Å². The number of halogens is 4. The van der Waals surface area contributed by atoms with Gasteiger partial charge in [0, 0.05) is 44.7 Å². The lowest BCUT2D eigenvalue weighted by atomic mass is 10.1. The van der Waals surface area contributed by atoms with Crippen molar-refractivity contribution in [2.75, 3.05) is 26.7 Å². The van der Waals surface area contributed by atoms with Crippen LogP contribution in [0.15, 0.2) is 70.6 Å². The summed E-state index contributed by atoms with van der Waals surface area (Å²) in [5.74, 6) is 1.69. The average molecular weight is 655 g/mol. The van der Waals surface area contributed by atoms with Crippen LogP contribution in [0.1, 0.15) is 22.3 Å². The largest absolute Gasteiger partial charge is 0.352 e. The molecule has 0 aliphatic carbocycles. The van der Waals surface area contributed by atoms with E-state index in [-0.39, 0.29) is 0 Å². The predicted octanol–water partition coefficient (Wildman–Crippen LogP) is 7.52. The molecule has 0 amide bonds. The van der Waals surface area contributed by atoms with Gasteiger partial charge < -0.3 is 10.6 Å². The second-order valence-electron chi connectivity index (χ2n) is 9.35. The minimum absolute atomic E-state index is 0.613. The molecule has 12 heteroatoms. The van der Waals surface area contributed by atoms with Crippen LogP contribution < -0.4 is 10.6 Å². The van der Waals surface area contributed by atoms with Gasteiger partial charge in [-0.15, -0.1) is 0 Å². The molecule has 0 atom stereocenters. The molecule has 0 unspecified atom stereocenters. The maximum absolute atomic E-state index is 6.33. The molecule has 2 aliphatic rings. The van der Waals surface area contributed by atoms with Gasteiger partial charge in [0.2, 0.25) is 0 Å². The third-order valence-corrected chi connectivity index (χ3v) is 9.60. The molecule has 0 radical (unpaired) electrons. The van der Waals surface area contributed by atoms with E-state index in [0.29, 0.717) is 49.8 Å². The number of hydrogen-bond acceptors (Lipinski definition) is 8. The number of hydrogen-bond donors (Lipinski definition) is 2. The molecular weight excluding hydrogens is 626 g/mol. The van der Waals surface area contributed by atoms with E-state index in [1.54, 1.807) is 35.7 Å². The Bertz CT molecular complexity index is 1300. The molecule has 0 saturated carbocycles. The highest BCUT2D eigenvalue weighted by Gasteiger charge is 2.17. The van der Waals surface area contributed by atoms with Crippen LogP contribution in [0.4, 0.5) is 0 Å². The summed E-state index contributed by atoms with van der Waals surface area (Å²) >= 11 is 28.4. The van der Waals surface area contributed by atoms with E-state index in [4.69, 9.17) is 56.4 Å². The molecule has 40 heavy (non-hydrogen) atoms. The smallest absolute Gasteiger partial charge is 0.159 e. The van der Waals surface area contributed by atoms with Crippen LogP contribution in [0.3, 0.4) is 0 Å². The lowest BCUT2D eigenvalue weighted by Crippen LogP contribution is -2.41. The van der Waals surface area contributed by atoms with E-state index in [1.807, 2.05) is 24.3 Å². The van der Waals surface area contributed by atoms with Crippen LogP contribution in [-0.4, -0.2) is 46.8 Å². The Kier molecular flexibility index (Phi) is 10.8. The Morgan fingerprint density at radius 2 is 1.07 bits per heavy atom. The van der Waals surface area contributed by atoms with Crippen LogP contribution in [0.25, 0.3) is 0 Å². The monoisotopic (exact) mass is 652 g/mol. The summed E-state index contributed by atoms with van der Waals surface area (Å²) in [6.07, 6.45) is 0. The van der Waals surface area contributed by atoms with Crippen molar-refractivity contribution in [3.05, 3.63) is 103 Å². The van der Waals surface area contributed by atoms with Crippen molar-refractivity contribution >= 4 is 80.3 Å². The molecule has 0 fully saturated rings. The minimum Gasteiger partial charge on any atom is -0.352 e. The molecular formula is C28H28Cl4N6S2. The molecule has 5 rings (SSSR count). The van der Waals surface area contributed by atoms with Gasteiger partial charge in [-0.05, 0) is 58.7 Å². The van der Waals surface area contributed by atoms with E-state index in [1.165, 1.54) is 11.1 Å². The van der Waals surface area contributed by atoms with Gasteiger partial charge in [-0.25, -0.2) is 9.98 Å². The van der Waals surface area contributed by atoms with Crippen LogP contribution in [0.2, 0.25) is 20.1 Å². The number of nitrogens with one attached hydrogen (secondary N) is 2. The molecule has 3 aromatic carbocycles. The van der Waals surface area contributed by atoms with Crippen molar-refractivity contribution in [2.45, 2.75) is 24.6 Å². The second-order valence-corrected chi connectivity index (χ2v) is 13.0. The van der Waals surface area contributed by atoms with Crippen LogP contribution >= 0.6 is 69.9 Å². The zero-order chi connectivity index (χ0) is 27.9. The highest BCUT2D eigenvalue weighted by molar-refractivity contribution is 8.13. The van der Waals surface area contributed by atoms with Gasteiger partial charge in [0.15, 0.2) is 10.3 Å². The minimum atomic E-state index is 0.613. The van der Waals surface area contributed by atoms with E-state index in [9.17, 15) is 0 Å².